The lowest BCUT2D eigenvalue weighted by molar-refractivity contribution is 0.102. The van der Waals surface area contributed by atoms with E-state index in [0.29, 0.717) is 5.16 Å². The number of hydrogen-bond acceptors (Lipinski definition) is 7. The molecule has 0 aliphatic heterocycles. The predicted octanol–water partition coefficient (Wildman–Crippen LogP) is 6.71. The summed E-state index contributed by atoms with van der Waals surface area (Å²) >= 11 is 4.62. The summed E-state index contributed by atoms with van der Waals surface area (Å²) in [6.45, 7) is 6.09. The SMILES string of the molecule is Cc1ccsc1-c1nnc(SCC(=O)c2c(C)[nH]c3ccccc23)nc1-c1sccc1C. The molecule has 0 spiro atoms. The van der Waals surface area contributed by atoms with Gasteiger partial charge in [-0.2, -0.15) is 0 Å². The van der Waals surface area contributed by atoms with Crippen molar-refractivity contribution in [2.24, 2.45) is 0 Å². The van der Waals surface area contributed by atoms with Crippen LogP contribution in [-0.2, 0) is 0 Å². The van der Waals surface area contributed by atoms with Crippen molar-refractivity contribution in [3.05, 3.63) is 69.5 Å². The molecule has 0 fully saturated rings. The summed E-state index contributed by atoms with van der Waals surface area (Å²) in [5.74, 6) is 0.311. The lowest BCUT2D eigenvalue weighted by Crippen LogP contribution is -2.05. The molecule has 5 aromatic rings. The summed E-state index contributed by atoms with van der Waals surface area (Å²) in [5.41, 5.74) is 6.54. The van der Waals surface area contributed by atoms with Crippen LogP contribution in [0.3, 0.4) is 0 Å². The van der Waals surface area contributed by atoms with E-state index in [-0.39, 0.29) is 11.5 Å². The summed E-state index contributed by atoms with van der Waals surface area (Å²) < 4.78 is 0. The highest BCUT2D eigenvalue weighted by molar-refractivity contribution is 7.99. The molecule has 1 N–H and O–H groups in total. The van der Waals surface area contributed by atoms with E-state index < -0.39 is 0 Å². The highest BCUT2D eigenvalue weighted by atomic mass is 32.2. The number of aryl methyl sites for hydroxylation is 3. The third-order valence-electron chi connectivity index (χ3n) is 5.33. The third kappa shape index (κ3) is 3.79. The molecule has 0 bridgehead atoms. The summed E-state index contributed by atoms with van der Waals surface area (Å²) in [6.07, 6.45) is 0. The smallest absolute Gasteiger partial charge is 0.210 e. The van der Waals surface area contributed by atoms with Crippen molar-refractivity contribution in [3.8, 4) is 21.1 Å². The van der Waals surface area contributed by atoms with Gasteiger partial charge < -0.3 is 4.98 Å². The first-order valence-electron chi connectivity index (χ1n) is 10.1. The van der Waals surface area contributed by atoms with Crippen LogP contribution in [0.5, 0.6) is 0 Å². The number of rotatable bonds is 6. The van der Waals surface area contributed by atoms with Gasteiger partial charge >= 0.3 is 0 Å². The summed E-state index contributed by atoms with van der Waals surface area (Å²) in [5, 5.41) is 14.5. The van der Waals surface area contributed by atoms with E-state index in [4.69, 9.17) is 4.98 Å². The number of nitrogens with zero attached hydrogens (tertiary/aromatic N) is 3. The lowest BCUT2D eigenvalue weighted by atomic mass is 10.1. The van der Waals surface area contributed by atoms with Crippen molar-refractivity contribution < 1.29 is 4.79 Å². The number of carbonyl (C=O) groups is 1. The van der Waals surface area contributed by atoms with E-state index >= 15 is 0 Å². The first kappa shape index (κ1) is 21.1. The number of aromatic nitrogens is 4. The minimum atomic E-state index is 0.0561. The summed E-state index contributed by atoms with van der Waals surface area (Å²) in [7, 11) is 0. The van der Waals surface area contributed by atoms with Gasteiger partial charge in [0.1, 0.15) is 11.4 Å². The van der Waals surface area contributed by atoms with Gasteiger partial charge in [0.15, 0.2) is 5.78 Å². The molecule has 0 saturated heterocycles. The van der Waals surface area contributed by atoms with Gasteiger partial charge in [0.2, 0.25) is 5.16 Å². The Hall–Kier alpha value is -2.81. The Balaban J connectivity index is 1.47. The molecule has 0 unspecified atom stereocenters. The quantitative estimate of drug-likeness (QED) is 0.218. The molecular formula is C24H20N4OS3. The maximum atomic E-state index is 13.1. The number of aromatic amines is 1. The number of ketones is 1. The topological polar surface area (TPSA) is 71.5 Å². The molecule has 0 aliphatic rings. The average Bonchev–Trinajstić information content (AvgIpc) is 3.49. The van der Waals surface area contributed by atoms with E-state index in [0.717, 1.165) is 54.4 Å². The second-order valence-electron chi connectivity index (χ2n) is 7.54. The highest BCUT2D eigenvalue weighted by Crippen LogP contribution is 2.38. The van der Waals surface area contributed by atoms with Crippen LogP contribution >= 0.6 is 34.4 Å². The Bertz CT molecular complexity index is 1450. The van der Waals surface area contributed by atoms with Gasteiger partial charge in [0.25, 0.3) is 0 Å². The fourth-order valence-electron chi connectivity index (χ4n) is 3.75. The molecule has 0 amide bonds. The lowest BCUT2D eigenvalue weighted by Gasteiger charge is -2.08. The van der Waals surface area contributed by atoms with Crippen LogP contribution < -0.4 is 0 Å². The van der Waals surface area contributed by atoms with E-state index in [1.54, 1.807) is 22.7 Å². The number of nitrogens with one attached hydrogen (secondary N) is 1. The zero-order chi connectivity index (χ0) is 22.2. The molecule has 0 saturated carbocycles. The number of carbonyl (C=O) groups excluding carboxylic acids is 1. The van der Waals surface area contributed by atoms with Crippen LogP contribution in [0.4, 0.5) is 0 Å². The molecule has 0 radical (unpaired) electrons. The van der Waals surface area contributed by atoms with Crippen LogP contribution in [0.2, 0.25) is 0 Å². The summed E-state index contributed by atoms with van der Waals surface area (Å²) in [4.78, 5) is 23.4. The molecule has 8 heteroatoms. The minimum absolute atomic E-state index is 0.0561. The summed E-state index contributed by atoms with van der Waals surface area (Å²) in [6, 6.07) is 12.0. The van der Waals surface area contributed by atoms with Crippen molar-refractivity contribution >= 4 is 51.1 Å². The molecule has 0 aliphatic carbocycles. The Morgan fingerprint density at radius 1 is 0.938 bits per heavy atom. The number of thioether (sulfide) groups is 1. The van der Waals surface area contributed by atoms with E-state index in [9.17, 15) is 4.79 Å². The monoisotopic (exact) mass is 476 g/mol. The molecular weight excluding hydrogens is 456 g/mol. The first-order valence-corrected chi connectivity index (χ1v) is 12.8. The molecule has 5 nitrogen and oxygen atoms in total. The number of H-pyrrole nitrogens is 1. The molecule has 1 aromatic carbocycles. The second kappa shape index (κ2) is 8.61. The fraction of sp³-hybridized carbons (Fsp3) is 0.167. The molecule has 4 aromatic heterocycles. The average molecular weight is 477 g/mol. The van der Waals surface area contributed by atoms with E-state index in [1.165, 1.54) is 11.8 Å². The number of benzene rings is 1. The standard InChI is InChI=1S/C24H20N4OS3/c1-13-8-10-30-22(13)20-21(23-14(2)9-11-31-23)27-28-24(26-20)32-12-18(29)19-15(3)25-17-7-5-4-6-16(17)19/h4-11,25H,12H2,1-3H3. The van der Waals surface area contributed by atoms with Gasteiger partial charge in [-0.25, -0.2) is 4.98 Å². The number of thiophene rings is 2. The number of para-hydroxylation sites is 1. The predicted molar refractivity (Wildman–Crippen MR) is 134 cm³/mol. The van der Waals surface area contributed by atoms with Crippen LogP contribution in [-0.4, -0.2) is 31.7 Å². The molecule has 32 heavy (non-hydrogen) atoms. The number of fused-ring (bicyclic) bond motifs is 1. The van der Waals surface area contributed by atoms with Crippen molar-refractivity contribution in [2.45, 2.75) is 25.9 Å². The largest absolute Gasteiger partial charge is 0.358 e. The number of Topliss-reactive ketones (excluding diaryl/α,β-unsaturated/α-hetero) is 1. The molecule has 4 heterocycles. The van der Waals surface area contributed by atoms with Crippen molar-refractivity contribution in [3.63, 3.8) is 0 Å². The van der Waals surface area contributed by atoms with Crippen LogP contribution in [0, 0.1) is 20.8 Å². The fourth-order valence-corrected chi connectivity index (χ4v) is 6.24. The van der Waals surface area contributed by atoms with Crippen molar-refractivity contribution in [1.29, 1.82) is 0 Å². The van der Waals surface area contributed by atoms with Gasteiger partial charge in [0, 0.05) is 22.2 Å². The van der Waals surface area contributed by atoms with Gasteiger partial charge in [-0.05, 0) is 60.9 Å². The van der Waals surface area contributed by atoms with Gasteiger partial charge in [-0.1, -0.05) is 30.0 Å². The second-order valence-corrected chi connectivity index (χ2v) is 10.3. The molecule has 0 atom stereocenters. The van der Waals surface area contributed by atoms with Gasteiger partial charge in [-0.15, -0.1) is 32.9 Å². The van der Waals surface area contributed by atoms with Crippen LogP contribution in [0.15, 0.2) is 52.3 Å². The zero-order valence-corrected chi connectivity index (χ0v) is 20.3. The third-order valence-corrected chi connectivity index (χ3v) is 8.21. The molecule has 160 valence electrons. The highest BCUT2D eigenvalue weighted by Gasteiger charge is 2.20. The number of hydrogen-bond donors (Lipinski definition) is 1. The Morgan fingerprint density at radius 3 is 2.31 bits per heavy atom. The van der Waals surface area contributed by atoms with Crippen LogP contribution in [0.25, 0.3) is 32.0 Å². The Kier molecular flexibility index (Phi) is 5.67. The van der Waals surface area contributed by atoms with Crippen molar-refractivity contribution in [2.75, 3.05) is 5.75 Å². The van der Waals surface area contributed by atoms with Crippen LogP contribution in [0.1, 0.15) is 27.2 Å². The molecule has 5 rings (SSSR count). The van der Waals surface area contributed by atoms with Crippen molar-refractivity contribution in [1.82, 2.24) is 20.2 Å². The van der Waals surface area contributed by atoms with E-state index in [2.05, 4.69) is 51.9 Å². The Morgan fingerprint density at radius 2 is 1.62 bits per heavy atom. The minimum Gasteiger partial charge on any atom is -0.358 e. The maximum absolute atomic E-state index is 13.1. The normalized spacial score (nSPS) is 11.3. The van der Waals surface area contributed by atoms with Gasteiger partial charge in [-0.3, -0.25) is 4.79 Å². The first-order chi connectivity index (χ1) is 15.5. The Labute approximate surface area is 198 Å². The van der Waals surface area contributed by atoms with E-state index in [1.807, 2.05) is 31.2 Å². The maximum Gasteiger partial charge on any atom is 0.210 e. The zero-order valence-electron chi connectivity index (χ0n) is 17.8. The van der Waals surface area contributed by atoms with Gasteiger partial charge in [0.05, 0.1) is 15.5 Å².